The number of benzene rings is 1. The van der Waals surface area contributed by atoms with Crippen LogP contribution in [0.2, 0.25) is 0 Å². The zero-order chi connectivity index (χ0) is 23.8. The summed E-state index contributed by atoms with van der Waals surface area (Å²) in [6, 6.07) is 12.7. The van der Waals surface area contributed by atoms with Gasteiger partial charge in [0.2, 0.25) is 5.88 Å². The van der Waals surface area contributed by atoms with Gasteiger partial charge in [-0.3, -0.25) is 14.0 Å². The van der Waals surface area contributed by atoms with Crippen molar-refractivity contribution in [1.82, 2.24) is 14.7 Å². The van der Waals surface area contributed by atoms with E-state index < -0.39 is 11.5 Å². The number of nitriles is 1. The molecule has 0 aliphatic rings. The second-order valence-electron chi connectivity index (χ2n) is 7.41. The lowest BCUT2D eigenvalue weighted by Crippen LogP contribution is -2.27. The number of aromatic nitrogens is 2. The first-order valence-electron chi connectivity index (χ1n) is 10.7. The van der Waals surface area contributed by atoms with Gasteiger partial charge >= 0.3 is 0 Å². The third kappa shape index (κ3) is 5.84. The molecule has 33 heavy (non-hydrogen) atoms. The highest BCUT2D eigenvalue weighted by Crippen LogP contribution is 2.25. The number of nitrogens with one attached hydrogen (secondary N) is 1. The molecule has 0 fully saturated rings. The van der Waals surface area contributed by atoms with E-state index in [1.807, 2.05) is 45.0 Å². The maximum Gasteiger partial charge on any atom is 0.269 e. The molecular weight excluding hydrogens is 420 g/mol. The Balaban J connectivity index is 2.02. The molecule has 2 aromatic heterocycles. The van der Waals surface area contributed by atoms with Gasteiger partial charge < -0.3 is 14.8 Å². The quantitative estimate of drug-likeness (QED) is 0.306. The Kier molecular flexibility index (Phi) is 7.95. The molecule has 0 spiro atoms. The zero-order valence-corrected chi connectivity index (χ0v) is 18.9. The van der Waals surface area contributed by atoms with Gasteiger partial charge in [0.15, 0.2) is 0 Å². The molecule has 1 amide bonds. The van der Waals surface area contributed by atoms with Crippen LogP contribution in [0, 0.1) is 25.2 Å². The van der Waals surface area contributed by atoms with Crippen molar-refractivity contribution in [2.75, 3.05) is 19.8 Å². The number of nitrogens with zero attached hydrogens (tertiary/aromatic N) is 3. The molecule has 0 aliphatic carbocycles. The Hall–Kier alpha value is -3.96. The summed E-state index contributed by atoms with van der Waals surface area (Å²) in [5.41, 5.74) is 1.62. The lowest BCUT2D eigenvalue weighted by molar-refractivity contribution is -0.117. The van der Waals surface area contributed by atoms with Gasteiger partial charge in [-0.25, -0.2) is 0 Å². The maximum atomic E-state index is 13.3. The van der Waals surface area contributed by atoms with Crippen LogP contribution in [0.3, 0.4) is 0 Å². The monoisotopic (exact) mass is 446 g/mol. The van der Waals surface area contributed by atoms with Gasteiger partial charge in [-0.1, -0.05) is 23.8 Å². The highest BCUT2D eigenvalue weighted by atomic mass is 16.5. The molecule has 0 saturated carbocycles. The first-order chi connectivity index (χ1) is 15.9. The Morgan fingerprint density at radius 3 is 2.70 bits per heavy atom. The van der Waals surface area contributed by atoms with E-state index in [9.17, 15) is 14.9 Å². The minimum absolute atomic E-state index is 0.0136. The van der Waals surface area contributed by atoms with Crippen LogP contribution in [0.15, 0.2) is 53.0 Å². The van der Waals surface area contributed by atoms with Gasteiger partial charge in [-0.15, -0.1) is 0 Å². The van der Waals surface area contributed by atoms with Crippen LogP contribution in [0.25, 0.3) is 11.7 Å². The largest absolute Gasteiger partial charge is 0.438 e. The van der Waals surface area contributed by atoms with E-state index in [1.165, 1.54) is 10.5 Å². The molecule has 0 radical (unpaired) electrons. The van der Waals surface area contributed by atoms with Crippen molar-refractivity contribution in [3.63, 3.8) is 0 Å². The molecule has 0 unspecified atom stereocenters. The molecule has 3 aromatic rings. The Bertz CT molecular complexity index is 1270. The molecule has 2 heterocycles. The Morgan fingerprint density at radius 2 is 2.00 bits per heavy atom. The van der Waals surface area contributed by atoms with E-state index >= 15 is 0 Å². The van der Waals surface area contributed by atoms with E-state index in [0.29, 0.717) is 37.6 Å². The van der Waals surface area contributed by atoms with Crippen molar-refractivity contribution in [2.24, 2.45) is 0 Å². The van der Waals surface area contributed by atoms with E-state index in [2.05, 4.69) is 10.3 Å². The molecule has 1 N–H and O–H groups in total. The SMILES string of the molecule is CCOCCCNC(=O)/C(C#N)=C/c1c(Oc2ccc(C)cc2)nc2c(C)cccn2c1=O. The van der Waals surface area contributed by atoms with Gasteiger partial charge in [-0.2, -0.15) is 10.2 Å². The van der Waals surface area contributed by atoms with E-state index in [-0.39, 0.29) is 17.0 Å². The van der Waals surface area contributed by atoms with Crippen LogP contribution in [-0.4, -0.2) is 35.1 Å². The van der Waals surface area contributed by atoms with Crippen molar-refractivity contribution >= 4 is 17.6 Å². The molecule has 3 rings (SSSR count). The summed E-state index contributed by atoms with van der Waals surface area (Å²) < 4.78 is 12.5. The van der Waals surface area contributed by atoms with Gasteiger partial charge in [0, 0.05) is 26.0 Å². The van der Waals surface area contributed by atoms with Gasteiger partial charge in [-0.05, 0) is 57.0 Å². The summed E-state index contributed by atoms with van der Waals surface area (Å²) in [7, 11) is 0. The van der Waals surface area contributed by atoms with Crippen molar-refractivity contribution in [3.8, 4) is 17.7 Å². The number of hydrogen-bond acceptors (Lipinski definition) is 6. The fraction of sp³-hybridized carbons (Fsp3) is 0.280. The predicted octanol–water partition coefficient (Wildman–Crippen LogP) is 3.55. The van der Waals surface area contributed by atoms with Crippen molar-refractivity contribution in [1.29, 1.82) is 5.26 Å². The molecule has 0 aliphatic heterocycles. The number of fused-ring (bicyclic) bond motifs is 1. The maximum absolute atomic E-state index is 13.3. The number of aryl methyl sites for hydroxylation is 2. The van der Waals surface area contributed by atoms with Crippen LogP contribution in [-0.2, 0) is 9.53 Å². The summed E-state index contributed by atoms with van der Waals surface area (Å²) in [6.07, 6.45) is 3.43. The molecule has 1 aromatic carbocycles. The van der Waals surface area contributed by atoms with Crippen molar-refractivity contribution in [2.45, 2.75) is 27.2 Å². The third-order valence-corrected chi connectivity index (χ3v) is 4.89. The predicted molar refractivity (Wildman–Crippen MR) is 125 cm³/mol. The summed E-state index contributed by atoms with van der Waals surface area (Å²) in [5, 5.41) is 12.3. The lowest BCUT2D eigenvalue weighted by Gasteiger charge is -2.12. The highest BCUT2D eigenvalue weighted by molar-refractivity contribution is 6.01. The average molecular weight is 447 g/mol. The first-order valence-corrected chi connectivity index (χ1v) is 10.7. The first kappa shape index (κ1) is 23.7. The van der Waals surface area contributed by atoms with Crippen LogP contribution in [0.5, 0.6) is 11.6 Å². The molecule has 0 atom stereocenters. The molecule has 8 heteroatoms. The summed E-state index contributed by atoms with van der Waals surface area (Å²) >= 11 is 0. The number of pyridine rings is 1. The molecule has 170 valence electrons. The van der Waals surface area contributed by atoms with Gasteiger partial charge in [0.05, 0.1) is 0 Å². The fourth-order valence-corrected chi connectivity index (χ4v) is 3.12. The Morgan fingerprint density at radius 1 is 1.24 bits per heavy atom. The standard InChI is InChI=1S/C25H26N4O4/c1-4-32-14-6-12-27-23(30)19(16-26)15-21-24(33-20-10-8-17(2)9-11-20)28-22-18(3)7-5-13-29(22)25(21)31/h5,7-11,13,15H,4,6,12,14H2,1-3H3,(H,27,30)/b19-15+. The van der Waals surface area contributed by atoms with Crippen LogP contribution >= 0.6 is 0 Å². The minimum atomic E-state index is -0.580. The second-order valence-corrected chi connectivity index (χ2v) is 7.41. The van der Waals surface area contributed by atoms with Gasteiger partial charge in [0.25, 0.3) is 11.5 Å². The number of ether oxygens (including phenoxy) is 2. The average Bonchev–Trinajstić information content (AvgIpc) is 2.81. The lowest BCUT2D eigenvalue weighted by atomic mass is 10.1. The molecule has 0 saturated heterocycles. The van der Waals surface area contributed by atoms with E-state index in [1.54, 1.807) is 24.4 Å². The Labute approximate surface area is 192 Å². The van der Waals surface area contributed by atoms with Crippen molar-refractivity contribution < 1.29 is 14.3 Å². The molecular formula is C25H26N4O4. The van der Waals surface area contributed by atoms with Crippen LogP contribution in [0.1, 0.15) is 30.0 Å². The number of hydrogen-bond donors (Lipinski definition) is 1. The van der Waals surface area contributed by atoms with Crippen molar-refractivity contribution in [3.05, 3.63) is 75.2 Å². The zero-order valence-electron chi connectivity index (χ0n) is 18.9. The third-order valence-electron chi connectivity index (χ3n) is 4.89. The van der Waals surface area contributed by atoms with Crippen LogP contribution < -0.4 is 15.6 Å². The fourth-order valence-electron chi connectivity index (χ4n) is 3.12. The molecule has 8 nitrogen and oxygen atoms in total. The number of carbonyl (C=O) groups is 1. The van der Waals surface area contributed by atoms with Gasteiger partial charge in [0.1, 0.15) is 28.6 Å². The highest BCUT2D eigenvalue weighted by Gasteiger charge is 2.18. The summed E-state index contributed by atoms with van der Waals surface area (Å²) in [4.78, 5) is 30.4. The van der Waals surface area contributed by atoms with Crippen LogP contribution in [0.4, 0.5) is 0 Å². The smallest absolute Gasteiger partial charge is 0.269 e. The second kappa shape index (κ2) is 11.1. The minimum Gasteiger partial charge on any atom is -0.438 e. The topological polar surface area (TPSA) is 106 Å². The summed E-state index contributed by atoms with van der Waals surface area (Å²) in [5.74, 6) is -0.0713. The normalized spacial score (nSPS) is 11.3. The number of rotatable bonds is 9. The van der Waals surface area contributed by atoms with E-state index in [4.69, 9.17) is 9.47 Å². The number of carbonyl (C=O) groups excluding carboxylic acids is 1. The summed E-state index contributed by atoms with van der Waals surface area (Å²) in [6.45, 7) is 7.13. The number of amides is 1. The van der Waals surface area contributed by atoms with E-state index in [0.717, 1.165) is 11.1 Å². The molecule has 0 bridgehead atoms.